The molecule has 4 rings (SSSR count). The summed E-state index contributed by atoms with van der Waals surface area (Å²) in [5.41, 5.74) is 9.19. The molecule has 1 atom stereocenters. The van der Waals surface area contributed by atoms with Crippen LogP contribution in [0.5, 0.6) is 0 Å². The number of amides is 3. The second kappa shape index (κ2) is 7.29. The number of benzene rings is 1. The lowest BCUT2D eigenvalue weighted by molar-refractivity contribution is -0.136. The van der Waals surface area contributed by atoms with Gasteiger partial charge in [-0.3, -0.25) is 24.6 Å². The van der Waals surface area contributed by atoms with Crippen LogP contribution in [-0.2, 0) is 22.7 Å². The van der Waals surface area contributed by atoms with Crippen molar-refractivity contribution in [1.29, 1.82) is 0 Å². The molecule has 1 aromatic rings. The van der Waals surface area contributed by atoms with E-state index in [0.29, 0.717) is 18.5 Å². The van der Waals surface area contributed by atoms with Gasteiger partial charge < -0.3 is 10.6 Å². The monoisotopic (exact) mass is 384 g/mol. The Labute approximate surface area is 165 Å². The van der Waals surface area contributed by atoms with Crippen molar-refractivity contribution in [2.45, 2.75) is 63.7 Å². The van der Waals surface area contributed by atoms with Crippen molar-refractivity contribution < 1.29 is 14.4 Å². The quantitative estimate of drug-likeness (QED) is 0.760. The van der Waals surface area contributed by atoms with E-state index in [4.69, 9.17) is 5.73 Å². The molecule has 1 aromatic carbocycles. The van der Waals surface area contributed by atoms with E-state index in [-0.39, 0.29) is 29.7 Å². The number of rotatable bonds is 4. The molecule has 1 unspecified atom stereocenters. The molecule has 28 heavy (non-hydrogen) atoms. The van der Waals surface area contributed by atoms with Crippen LogP contribution in [-0.4, -0.2) is 52.2 Å². The second-order valence-electron chi connectivity index (χ2n) is 8.34. The fourth-order valence-corrected chi connectivity index (χ4v) is 4.55. The van der Waals surface area contributed by atoms with Crippen LogP contribution in [0.3, 0.4) is 0 Å². The van der Waals surface area contributed by atoms with Crippen LogP contribution in [0.2, 0.25) is 0 Å². The third-order valence-corrected chi connectivity index (χ3v) is 6.63. The third-order valence-electron chi connectivity index (χ3n) is 6.63. The highest BCUT2D eigenvalue weighted by atomic mass is 16.2. The van der Waals surface area contributed by atoms with Gasteiger partial charge in [0.2, 0.25) is 11.8 Å². The first-order valence-corrected chi connectivity index (χ1v) is 10.2. The molecule has 0 radical (unpaired) electrons. The number of hydrogen-bond donors (Lipinski definition) is 2. The Morgan fingerprint density at radius 2 is 1.96 bits per heavy atom. The highest BCUT2D eigenvalue weighted by Crippen LogP contribution is 2.31. The van der Waals surface area contributed by atoms with Crippen LogP contribution < -0.4 is 11.1 Å². The molecule has 3 heterocycles. The number of nitrogens with zero attached hydrogens (tertiary/aromatic N) is 2. The van der Waals surface area contributed by atoms with Crippen molar-refractivity contribution in [2.75, 3.05) is 13.1 Å². The van der Waals surface area contributed by atoms with Crippen molar-refractivity contribution in [3.8, 4) is 0 Å². The molecule has 0 spiro atoms. The minimum atomic E-state index is -0.567. The summed E-state index contributed by atoms with van der Waals surface area (Å²) in [7, 11) is 0. The highest BCUT2D eigenvalue weighted by molar-refractivity contribution is 6.05. The first-order chi connectivity index (χ1) is 13.4. The van der Waals surface area contributed by atoms with Crippen molar-refractivity contribution in [3.05, 3.63) is 34.9 Å². The fraction of sp³-hybridized carbons (Fsp3) is 0.571. The van der Waals surface area contributed by atoms with Crippen molar-refractivity contribution in [3.63, 3.8) is 0 Å². The largest absolute Gasteiger partial charge is 0.325 e. The highest BCUT2D eigenvalue weighted by Gasteiger charge is 2.40. The maximum absolute atomic E-state index is 12.9. The summed E-state index contributed by atoms with van der Waals surface area (Å²) in [6, 6.07) is 5.27. The van der Waals surface area contributed by atoms with Gasteiger partial charge in [-0.15, -0.1) is 0 Å². The standard InChI is InChI=1S/C21H28N4O3/c1-2-21(22)8-10-24(11-9-21)12-14-4-3-5-15-16(14)13-25(20(15)28)17-6-7-18(26)23-19(17)27/h3-5,17H,2,6-13,22H2,1H3,(H,23,26,27). The van der Waals surface area contributed by atoms with Gasteiger partial charge in [0, 0.05) is 43.7 Å². The molecule has 3 N–H and O–H groups in total. The summed E-state index contributed by atoms with van der Waals surface area (Å²) in [6.45, 7) is 5.28. The number of nitrogens with one attached hydrogen (secondary N) is 1. The Bertz CT molecular complexity index is 814. The predicted molar refractivity (Wildman–Crippen MR) is 104 cm³/mol. The van der Waals surface area contributed by atoms with Crippen LogP contribution in [0.4, 0.5) is 0 Å². The maximum Gasteiger partial charge on any atom is 0.255 e. The lowest BCUT2D eigenvalue weighted by Gasteiger charge is -2.39. The molecule has 0 aliphatic carbocycles. The molecular weight excluding hydrogens is 356 g/mol. The average Bonchev–Trinajstić information content (AvgIpc) is 3.02. The number of imide groups is 1. The van der Waals surface area contributed by atoms with E-state index in [2.05, 4.69) is 23.2 Å². The Morgan fingerprint density at radius 1 is 1.21 bits per heavy atom. The first-order valence-electron chi connectivity index (χ1n) is 10.2. The number of fused-ring (bicyclic) bond motifs is 1. The number of nitrogens with two attached hydrogens (primary N) is 1. The molecule has 2 fully saturated rings. The van der Waals surface area contributed by atoms with E-state index >= 15 is 0 Å². The van der Waals surface area contributed by atoms with Crippen LogP contribution in [0.15, 0.2) is 18.2 Å². The van der Waals surface area contributed by atoms with Gasteiger partial charge in [-0.05, 0) is 42.9 Å². The molecule has 0 bridgehead atoms. The SMILES string of the molecule is CCC1(N)CCN(Cc2cccc3c2CN(C2CCC(=O)NC2=O)C3=O)CC1. The topological polar surface area (TPSA) is 95.7 Å². The lowest BCUT2D eigenvalue weighted by atomic mass is 9.86. The molecule has 3 amide bonds. The smallest absolute Gasteiger partial charge is 0.255 e. The minimum Gasteiger partial charge on any atom is -0.325 e. The minimum absolute atomic E-state index is 0.0479. The van der Waals surface area contributed by atoms with Gasteiger partial charge in [0.25, 0.3) is 5.91 Å². The van der Waals surface area contributed by atoms with Gasteiger partial charge in [0.15, 0.2) is 0 Å². The number of piperidine rings is 2. The molecule has 0 saturated carbocycles. The van der Waals surface area contributed by atoms with Crippen LogP contribution in [0, 0.1) is 0 Å². The number of likely N-dealkylation sites (tertiary alicyclic amines) is 1. The van der Waals surface area contributed by atoms with E-state index in [0.717, 1.165) is 50.0 Å². The van der Waals surface area contributed by atoms with Gasteiger partial charge in [-0.25, -0.2) is 0 Å². The van der Waals surface area contributed by atoms with Gasteiger partial charge in [-0.1, -0.05) is 19.1 Å². The molecule has 0 aromatic heterocycles. The first kappa shape index (κ1) is 19.1. The van der Waals surface area contributed by atoms with Crippen molar-refractivity contribution >= 4 is 17.7 Å². The molecule has 3 aliphatic heterocycles. The fourth-order valence-electron chi connectivity index (χ4n) is 4.55. The second-order valence-corrected chi connectivity index (χ2v) is 8.34. The zero-order chi connectivity index (χ0) is 19.9. The van der Waals surface area contributed by atoms with Crippen molar-refractivity contribution in [1.82, 2.24) is 15.1 Å². The molecule has 7 heteroatoms. The van der Waals surface area contributed by atoms with Crippen molar-refractivity contribution in [2.24, 2.45) is 5.73 Å². The lowest BCUT2D eigenvalue weighted by Crippen LogP contribution is -2.52. The van der Waals surface area contributed by atoms with E-state index in [9.17, 15) is 14.4 Å². The summed E-state index contributed by atoms with van der Waals surface area (Å²) < 4.78 is 0. The van der Waals surface area contributed by atoms with E-state index in [1.54, 1.807) is 4.90 Å². The molecule has 7 nitrogen and oxygen atoms in total. The number of carbonyl (C=O) groups is 3. The molecule has 3 aliphatic rings. The Hall–Kier alpha value is -2.25. The summed E-state index contributed by atoms with van der Waals surface area (Å²) in [6.07, 6.45) is 3.63. The summed E-state index contributed by atoms with van der Waals surface area (Å²) in [4.78, 5) is 40.6. The van der Waals surface area contributed by atoms with Gasteiger partial charge in [0.05, 0.1) is 0 Å². The van der Waals surface area contributed by atoms with Crippen LogP contribution >= 0.6 is 0 Å². The van der Waals surface area contributed by atoms with E-state index in [1.807, 2.05) is 12.1 Å². The van der Waals surface area contributed by atoms with Gasteiger partial charge in [-0.2, -0.15) is 0 Å². The Kier molecular flexibility index (Phi) is 4.97. The zero-order valence-electron chi connectivity index (χ0n) is 16.4. The van der Waals surface area contributed by atoms with Gasteiger partial charge >= 0.3 is 0 Å². The summed E-state index contributed by atoms with van der Waals surface area (Å²) >= 11 is 0. The Morgan fingerprint density at radius 3 is 2.64 bits per heavy atom. The zero-order valence-corrected chi connectivity index (χ0v) is 16.4. The average molecular weight is 384 g/mol. The maximum atomic E-state index is 12.9. The predicted octanol–water partition coefficient (Wildman–Crippen LogP) is 1.15. The normalized spacial score (nSPS) is 25.0. The van der Waals surface area contributed by atoms with Crippen LogP contribution in [0.1, 0.15) is 60.5 Å². The summed E-state index contributed by atoms with van der Waals surface area (Å²) in [5, 5.41) is 2.36. The molecule has 150 valence electrons. The summed E-state index contributed by atoms with van der Waals surface area (Å²) in [5.74, 6) is -0.745. The Balaban J connectivity index is 1.49. The number of hydrogen-bond acceptors (Lipinski definition) is 5. The number of carbonyl (C=O) groups excluding carboxylic acids is 3. The van der Waals surface area contributed by atoms with E-state index in [1.165, 1.54) is 0 Å². The van der Waals surface area contributed by atoms with E-state index < -0.39 is 6.04 Å². The van der Waals surface area contributed by atoms with Gasteiger partial charge in [0.1, 0.15) is 6.04 Å². The van der Waals surface area contributed by atoms with Crippen LogP contribution in [0.25, 0.3) is 0 Å². The molecule has 2 saturated heterocycles. The molecular formula is C21H28N4O3. The third kappa shape index (κ3) is 3.44.